The van der Waals surface area contributed by atoms with Gasteiger partial charge in [0.1, 0.15) is 0 Å². The van der Waals surface area contributed by atoms with E-state index in [1.54, 1.807) is 6.20 Å². The summed E-state index contributed by atoms with van der Waals surface area (Å²) in [5.74, 6) is 0.851. The molecule has 0 aliphatic rings. The fourth-order valence-electron chi connectivity index (χ4n) is 0.644. The summed E-state index contributed by atoms with van der Waals surface area (Å²) in [6, 6.07) is 3.90. The predicted octanol–water partition coefficient (Wildman–Crippen LogP) is -0.261. The average molecular weight is 199 g/mol. The monoisotopic (exact) mass is 199 g/mol. The van der Waals surface area contributed by atoms with E-state index < -0.39 is 0 Å². The molecule has 0 aliphatic heterocycles. The van der Waals surface area contributed by atoms with Crippen LogP contribution in [0.25, 0.3) is 0 Å². The third-order valence-corrected chi connectivity index (χ3v) is 1.79. The Bertz CT molecular complexity index is 197. The normalized spacial score (nSPS) is 9.40. The SMILES string of the molecule is CCOc1ccc([AsH2])nc1. The van der Waals surface area contributed by atoms with E-state index in [0.717, 1.165) is 10.2 Å². The Morgan fingerprint density at radius 1 is 1.60 bits per heavy atom. The van der Waals surface area contributed by atoms with Crippen molar-refractivity contribution in [2.75, 3.05) is 6.61 Å². The Morgan fingerprint density at radius 3 is 2.90 bits per heavy atom. The molecule has 0 bridgehead atoms. The minimum absolute atomic E-state index is 0.704. The summed E-state index contributed by atoms with van der Waals surface area (Å²) >= 11 is 1.53. The second kappa shape index (κ2) is 3.62. The van der Waals surface area contributed by atoms with Crippen molar-refractivity contribution < 1.29 is 4.74 Å². The Morgan fingerprint density at radius 2 is 2.40 bits per heavy atom. The van der Waals surface area contributed by atoms with Gasteiger partial charge < -0.3 is 0 Å². The summed E-state index contributed by atoms with van der Waals surface area (Å²) in [5, 5.41) is 0. The molecular formula is C7H10AsNO. The second-order valence-corrected chi connectivity index (χ2v) is 3.09. The van der Waals surface area contributed by atoms with E-state index in [-0.39, 0.29) is 0 Å². The van der Waals surface area contributed by atoms with Gasteiger partial charge in [0.05, 0.1) is 0 Å². The van der Waals surface area contributed by atoms with Crippen LogP contribution < -0.4 is 9.22 Å². The van der Waals surface area contributed by atoms with Crippen molar-refractivity contribution >= 4 is 21.3 Å². The molecule has 3 heteroatoms. The van der Waals surface area contributed by atoms with Crippen molar-refractivity contribution in [3.63, 3.8) is 0 Å². The van der Waals surface area contributed by atoms with E-state index in [1.165, 1.54) is 16.9 Å². The van der Waals surface area contributed by atoms with Crippen LogP contribution in [0.1, 0.15) is 6.92 Å². The predicted molar refractivity (Wildman–Crippen MR) is 43.6 cm³/mol. The molecule has 1 unspecified atom stereocenters. The molecule has 1 rings (SSSR count). The van der Waals surface area contributed by atoms with Gasteiger partial charge in [-0.1, -0.05) is 0 Å². The summed E-state index contributed by atoms with van der Waals surface area (Å²) < 4.78 is 6.28. The van der Waals surface area contributed by atoms with Crippen LogP contribution in [0.2, 0.25) is 0 Å². The molecule has 2 nitrogen and oxygen atoms in total. The Labute approximate surface area is 69.1 Å². The standard InChI is InChI=1S/C7H10AsNO/c1-2-10-6-3-4-7(8)9-5-6/h3-5H,2,8H2,1H3. The van der Waals surface area contributed by atoms with Crippen molar-refractivity contribution in [1.82, 2.24) is 4.98 Å². The van der Waals surface area contributed by atoms with Gasteiger partial charge >= 0.3 is 68.7 Å². The van der Waals surface area contributed by atoms with E-state index in [0.29, 0.717) is 6.61 Å². The zero-order chi connectivity index (χ0) is 7.40. The maximum atomic E-state index is 5.21. The van der Waals surface area contributed by atoms with Crippen LogP contribution in [0.3, 0.4) is 0 Å². The van der Waals surface area contributed by atoms with Crippen molar-refractivity contribution in [1.29, 1.82) is 0 Å². The molecule has 0 saturated heterocycles. The number of pyridine rings is 1. The molecule has 0 radical (unpaired) electrons. The number of nitrogens with zero attached hydrogens (tertiary/aromatic N) is 1. The van der Waals surface area contributed by atoms with E-state index >= 15 is 0 Å². The van der Waals surface area contributed by atoms with Crippen LogP contribution in [0.5, 0.6) is 5.75 Å². The van der Waals surface area contributed by atoms with Crippen molar-refractivity contribution in [3.8, 4) is 5.75 Å². The van der Waals surface area contributed by atoms with Crippen LogP contribution in [-0.4, -0.2) is 28.4 Å². The summed E-state index contributed by atoms with van der Waals surface area (Å²) in [6.45, 7) is 2.67. The molecular weight excluding hydrogens is 189 g/mol. The van der Waals surface area contributed by atoms with Gasteiger partial charge in [-0.25, -0.2) is 0 Å². The number of aromatic nitrogens is 1. The number of rotatable bonds is 2. The third-order valence-electron chi connectivity index (χ3n) is 1.07. The van der Waals surface area contributed by atoms with Gasteiger partial charge in [0.25, 0.3) is 0 Å². The molecule has 1 atom stereocenters. The Kier molecular flexibility index (Phi) is 2.76. The van der Waals surface area contributed by atoms with E-state index in [4.69, 9.17) is 4.74 Å². The first kappa shape index (κ1) is 7.61. The van der Waals surface area contributed by atoms with Gasteiger partial charge in [-0.3, -0.25) is 0 Å². The molecule has 1 aromatic heterocycles. The first-order valence-corrected chi connectivity index (χ1v) is 4.38. The summed E-state index contributed by atoms with van der Waals surface area (Å²) in [4.78, 5) is 4.10. The number of hydrogen-bond acceptors (Lipinski definition) is 2. The van der Waals surface area contributed by atoms with Crippen molar-refractivity contribution in [3.05, 3.63) is 18.3 Å². The molecule has 0 amide bonds. The van der Waals surface area contributed by atoms with Crippen LogP contribution in [0.4, 0.5) is 0 Å². The molecule has 0 aromatic carbocycles. The summed E-state index contributed by atoms with van der Waals surface area (Å²) in [5.41, 5.74) is 0. The number of ether oxygens (including phenoxy) is 1. The molecule has 1 aromatic rings. The van der Waals surface area contributed by atoms with Crippen molar-refractivity contribution in [2.45, 2.75) is 6.92 Å². The Balaban J connectivity index is 2.69. The van der Waals surface area contributed by atoms with Crippen LogP contribution >= 0.6 is 0 Å². The van der Waals surface area contributed by atoms with Gasteiger partial charge in [-0.15, -0.1) is 0 Å². The first-order valence-electron chi connectivity index (χ1n) is 3.17. The van der Waals surface area contributed by atoms with Crippen LogP contribution in [-0.2, 0) is 0 Å². The molecule has 0 N–H and O–H groups in total. The second-order valence-electron chi connectivity index (χ2n) is 1.85. The van der Waals surface area contributed by atoms with Crippen molar-refractivity contribution in [2.24, 2.45) is 0 Å². The topological polar surface area (TPSA) is 22.1 Å². The van der Waals surface area contributed by atoms with E-state index in [1.807, 2.05) is 19.1 Å². The summed E-state index contributed by atoms with van der Waals surface area (Å²) in [7, 11) is 0. The van der Waals surface area contributed by atoms with Crippen LogP contribution in [0.15, 0.2) is 18.3 Å². The van der Waals surface area contributed by atoms with Gasteiger partial charge in [-0.2, -0.15) is 0 Å². The zero-order valence-corrected chi connectivity index (χ0v) is 8.29. The number of hydrogen-bond donors (Lipinski definition) is 0. The summed E-state index contributed by atoms with van der Waals surface area (Å²) in [6.07, 6.45) is 1.75. The molecule has 54 valence electrons. The quantitative estimate of drug-likeness (QED) is 0.612. The molecule has 0 fully saturated rings. The molecule has 0 spiro atoms. The van der Waals surface area contributed by atoms with Crippen LogP contribution in [0, 0.1) is 0 Å². The average Bonchev–Trinajstić information content (AvgIpc) is 1.95. The van der Waals surface area contributed by atoms with E-state index in [9.17, 15) is 0 Å². The fraction of sp³-hybridized carbons (Fsp3) is 0.286. The molecule has 0 aliphatic carbocycles. The van der Waals surface area contributed by atoms with Gasteiger partial charge in [0.2, 0.25) is 0 Å². The Hall–Kier alpha value is -0.492. The first-order chi connectivity index (χ1) is 4.83. The minimum atomic E-state index is 0.704. The third kappa shape index (κ3) is 2.03. The van der Waals surface area contributed by atoms with E-state index in [2.05, 4.69) is 4.98 Å². The molecule has 0 saturated carbocycles. The fourth-order valence-corrected chi connectivity index (χ4v) is 1.00. The molecule has 1 heterocycles. The van der Waals surface area contributed by atoms with Gasteiger partial charge in [-0.05, 0) is 0 Å². The maximum absolute atomic E-state index is 5.21. The van der Waals surface area contributed by atoms with Gasteiger partial charge in [0.15, 0.2) is 0 Å². The van der Waals surface area contributed by atoms with Gasteiger partial charge in [0, 0.05) is 0 Å². The zero-order valence-electron chi connectivity index (χ0n) is 5.87. The molecule has 10 heavy (non-hydrogen) atoms.